The number of amides is 4. The molecule has 0 radical (unpaired) electrons. The molecule has 1 fully saturated rings. The summed E-state index contributed by atoms with van der Waals surface area (Å²) in [7, 11) is -3.83. The van der Waals surface area contributed by atoms with Crippen LogP contribution in [0.15, 0.2) is 42.5 Å². The van der Waals surface area contributed by atoms with Crippen LogP contribution in [0.2, 0.25) is 0 Å². The third kappa shape index (κ3) is 8.20. The van der Waals surface area contributed by atoms with E-state index in [1.165, 1.54) is 17.6 Å². The first-order valence-electron chi connectivity index (χ1n) is 11.0. The quantitative estimate of drug-likeness (QED) is 0.357. The molecule has 2 aromatic carbocycles. The van der Waals surface area contributed by atoms with Gasteiger partial charge < -0.3 is 15.0 Å². The van der Waals surface area contributed by atoms with Crippen LogP contribution in [-0.2, 0) is 21.1 Å². The largest absolute Gasteiger partial charge is 0.573 e. The second-order valence-corrected chi connectivity index (χ2v) is 10.8. The Balaban J connectivity index is 1.66. The molecule has 4 amide bonds. The second-order valence-electron chi connectivity index (χ2n) is 8.36. The van der Waals surface area contributed by atoms with E-state index in [4.69, 9.17) is 0 Å². The highest BCUT2D eigenvalue weighted by Crippen LogP contribution is 2.26. The van der Waals surface area contributed by atoms with Crippen LogP contribution in [0.25, 0.3) is 0 Å². The normalized spacial score (nSPS) is 17.1. The fourth-order valence-corrected chi connectivity index (χ4v) is 5.21. The fraction of sp³-hybridized carbons (Fsp3) is 0.318. The zero-order valence-electron chi connectivity index (χ0n) is 19.9. The number of carbonyl (C=O) groups excluding carboxylic acids is 3. The lowest BCUT2D eigenvalue weighted by atomic mass is 10.1. The number of rotatable bonds is 5. The van der Waals surface area contributed by atoms with Crippen molar-refractivity contribution in [2.24, 2.45) is 0 Å². The van der Waals surface area contributed by atoms with E-state index in [9.17, 15) is 53.5 Å². The van der Waals surface area contributed by atoms with E-state index in [-0.39, 0.29) is 17.8 Å². The van der Waals surface area contributed by atoms with Crippen molar-refractivity contribution in [3.63, 3.8) is 0 Å². The first kappa shape index (κ1) is 30.5. The van der Waals surface area contributed by atoms with Crippen molar-refractivity contribution in [1.82, 2.24) is 15.8 Å². The molecular formula is C22H19F7N4O6S. The Kier molecular flexibility index (Phi) is 8.81. The fourth-order valence-electron chi connectivity index (χ4n) is 3.56. The second kappa shape index (κ2) is 11.6. The molecule has 1 atom stereocenters. The molecular weight excluding hydrogens is 581 g/mol. The number of halogens is 7. The van der Waals surface area contributed by atoms with Gasteiger partial charge in [-0.25, -0.2) is 17.6 Å². The van der Waals surface area contributed by atoms with E-state index in [2.05, 4.69) is 10.1 Å². The number of benzene rings is 2. The molecule has 218 valence electrons. The number of alkyl halides is 6. The molecule has 1 aliphatic heterocycles. The predicted octanol–water partition coefficient (Wildman–Crippen LogP) is 2.92. The first-order chi connectivity index (χ1) is 18.4. The molecule has 0 aromatic heterocycles. The van der Waals surface area contributed by atoms with Crippen LogP contribution in [0.3, 0.4) is 0 Å². The van der Waals surface area contributed by atoms with E-state index in [0.717, 1.165) is 34.6 Å². The summed E-state index contributed by atoms with van der Waals surface area (Å²) in [5.74, 6) is -5.91. The minimum Gasteiger partial charge on any atom is -0.406 e. The maximum Gasteiger partial charge on any atom is 0.573 e. The van der Waals surface area contributed by atoms with Gasteiger partial charge in [0, 0.05) is 30.4 Å². The highest BCUT2D eigenvalue weighted by Gasteiger charge is 2.39. The predicted molar refractivity (Wildman–Crippen MR) is 123 cm³/mol. The van der Waals surface area contributed by atoms with Gasteiger partial charge in [-0.1, -0.05) is 12.1 Å². The van der Waals surface area contributed by atoms with Crippen LogP contribution in [0.1, 0.15) is 15.9 Å². The summed E-state index contributed by atoms with van der Waals surface area (Å²) >= 11 is 0. The Hall–Kier alpha value is -4.09. The van der Waals surface area contributed by atoms with E-state index in [0.29, 0.717) is 6.07 Å². The number of anilines is 1. The summed E-state index contributed by atoms with van der Waals surface area (Å²) in [6.07, 6.45) is -10.7. The first-order valence-corrected chi connectivity index (χ1v) is 12.8. The average molecular weight is 600 g/mol. The molecule has 3 N–H and O–H groups in total. The number of hydrazine groups is 1. The molecule has 1 heterocycles. The topological polar surface area (TPSA) is 134 Å². The molecule has 0 spiro atoms. The van der Waals surface area contributed by atoms with Crippen LogP contribution >= 0.6 is 0 Å². The summed E-state index contributed by atoms with van der Waals surface area (Å²) in [5.41, 5.74) is 1.84. The lowest BCUT2D eigenvalue weighted by Crippen LogP contribution is -2.51. The highest BCUT2D eigenvalue weighted by molar-refractivity contribution is 7.92. The van der Waals surface area contributed by atoms with Gasteiger partial charge in [0.05, 0.1) is 11.0 Å². The molecule has 2 aromatic rings. The van der Waals surface area contributed by atoms with Crippen LogP contribution in [0, 0.1) is 5.82 Å². The molecule has 3 rings (SSSR count). The highest BCUT2D eigenvalue weighted by atomic mass is 32.2. The monoisotopic (exact) mass is 600 g/mol. The number of hydrogen-bond donors (Lipinski definition) is 3. The number of urea groups is 1. The van der Waals surface area contributed by atoms with Gasteiger partial charge in [0.25, 0.3) is 5.91 Å². The third-order valence-electron chi connectivity index (χ3n) is 5.49. The Morgan fingerprint density at radius 2 is 1.70 bits per heavy atom. The van der Waals surface area contributed by atoms with E-state index < -0.39 is 81.3 Å². The summed E-state index contributed by atoms with van der Waals surface area (Å²) < 4.78 is 118. The average Bonchev–Trinajstić information content (AvgIpc) is 2.83. The van der Waals surface area contributed by atoms with Crippen molar-refractivity contribution in [3.05, 3.63) is 59.4 Å². The van der Waals surface area contributed by atoms with Gasteiger partial charge >= 0.3 is 24.5 Å². The van der Waals surface area contributed by atoms with Gasteiger partial charge in [0.1, 0.15) is 11.6 Å². The van der Waals surface area contributed by atoms with Gasteiger partial charge in [0.2, 0.25) is 0 Å². The van der Waals surface area contributed by atoms with Crippen molar-refractivity contribution < 1.29 is 58.3 Å². The number of sulfone groups is 1. The van der Waals surface area contributed by atoms with E-state index in [1.54, 1.807) is 0 Å². The van der Waals surface area contributed by atoms with E-state index >= 15 is 0 Å². The molecule has 0 aliphatic carbocycles. The maximum atomic E-state index is 14.7. The third-order valence-corrected chi connectivity index (χ3v) is 7.58. The lowest BCUT2D eigenvalue weighted by Gasteiger charge is -2.32. The Morgan fingerprint density at radius 1 is 1.00 bits per heavy atom. The molecule has 0 bridgehead atoms. The van der Waals surface area contributed by atoms with Gasteiger partial charge in [-0.3, -0.25) is 20.4 Å². The van der Waals surface area contributed by atoms with Gasteiger partial charge in [-0.15, -0.1) is 13.2 Å². The van der Waals surface area contributed by atoms with Crippen molar-refractivity contribution in [2.45, 2.75) is 24.2 Å². The van der Waals surface area contributed by atoms with Gasteiger partial charge in [0.15, 0.2) is 9.84 Å². The van der Waals surface area contributed by atoms with Crippen molar-refractivity contribution >= 4 is 33.4 Å². The number of hydrogen-bond acceptors (Lipinski definition) is 6. The SMILES string of the molecule is O=C(NNC(=O)C(F)(F)F)c1ccc(CC2CN(C(=O)Nc3cccc(OC(F)(F)F)c3)CCS2(=O)=O)c(F)c1. The summed E-state index contributed by atoms with van der Waals surface area (Å²) in [6.45, 7) is -0.660. The van der Waals surface area contributed by atoms with Crippen LogP contribution < -0.4 is 20.9 Å². The van der Waals surface area contributed by atoms with Crippen LogP contribution in [-0.4, -0.2) is 67.8 Å². The van der Waals surface area contributed by atoms with E-state index in [1.807, 2.05) is 0 Å². The van der Waals surface area contributed by atoms with Gasteiger partial charge in [-0.05, 0) is 36.2 Å². The maximum absolute atomic E-state index is 14.7. The molecule has 1 saturated heterocycles. The number of nitrogens with zero attached hydrogens (tertiary/aromatic N) is 1. The smallest absolute Gasteiger partial charge is 0.406 e. The lowest BCUT2D eigenvalue weighted by molar-refractivity contribution is -0.274. The van der Waals surface area contributed by atoms with Crippen molar-refractivity contribution in [3.8, 4) is 5.75 Å². The Morgan fingerprint density at radius 3 is 2.33 bits per heavy atom. The zero-order chi connectivity index (χ0) is 29.9. The Bertz CT molecular complexity index is 1400. The molecule has 1 aliphatic rings. The van der Waals surface area contributed by atoms with Crippen molar-refractivity contribution in [2.75, 3.05) is 24.2 Å². The standard InChI is InChI=1S/C22H19F7N4O6S/c23-17-9-13(18(34)31-32-19(35)21(24,25)26)5-4-12(17)8-16-11-33(6-7-40(16,37)38)20(36)30-14-2-1-3-15(10-14)39-22(27,28)29/h1-5,9-10,16H,6-8,11H2,(H,30,36)(H,31,34)(H,32,35). The molecule has 10 nitrogen and oxygen atoms in total. The van der Waals surface area contributed by atoms with Crippen molar-refractivity contribution in [1.29, 1.82) is 0 Å². The summed E-state index contributed by atoms with van der Waals surface area (Å²) in [4.78, 5) is 36.4. The molecule has 0 saturated carbocycles. The zero-order valence-corrected chi connectivity index (χ0v) is 20.7. The minimum atomic E-state index is -5.27. The molecule has 40 heavy (non-hydrogen) atoms. The molecule has 1 unspecified atom stereocenters. The number of ether oxygens (including phenoxy) is 1. The molecule has 18 heteroatoms. The summed E-state index contributed by atoms with van der Waals surface area (Å²) in [6, 6.07) is 6.19. The summed E-state index contributed by atoms with van der Waals surface area (Å²) in [5, 5.41) is 1.04. The van der Waals surface area contributed by atoms with Crippen LogP contribution in [0.4, 0.5) is 41.2 Å². The van der Waals surface area contributed by atoms with Crippen LogP contribution in [0.5, 0.6) is 5.75 Å². The number of nitrogens with one attached hydrogen (secondary N) is 3. The number of carbonyl (C=O) groups is 3. The minimum absolute atomic E-state index is 0.0666. The van der Waals surface area contributed by atoms with Gasteiger partial charge in [-0.2, -0.15) is 13.2 Å². The Labute approximate surface area is 221 Å².